The van der Waals surface area contributed by atoms with Crippen molar-refractivity contribution in [3.05, 3.63) is 29.8 Å². The van der Waals surface area contributed by atoms with E-state index in [-0.39, 0.29) is 12.5 Å². The third-order valence-electron chi connectivity index (χ3n) is 4.51. The molecule has 1 saturated heterocycles. The normalized spacial score (nSPS) is 19.6. The molecular formula is C19H26N3O3+. The van der Waals surface area contributed by atoms with Gasteiger partial charge in [0.2, 0.25) is 5.91 Å². The van der Waals surface area contributed by atoms with Gasteiger partial charge in [-0.15, -0.1) is 0 Å². The van der Waals surface area contributed by atoms with Crippen molar-refractivity contribution in [2.24, 2.45) is 0 Å². The van der Waals surface area contributed by atoms with Gasteiger partial charge >= 0.3 is 0 Å². The minimum atomic E-state index is -0.0915. The molecule has 0 radical (unpaired) electrons. The highest BCUT2D eigenvalue weighted by Crippen LogP contribution is 2.28. The first-order valence-corrected chi connectivity index (χ1v) is 8.66. The molecule has 1 amide bonds. The number of nitrogens with one attached hydrogen (secondary N) is 2. The Hall–Kier alpha value is -2.52. The van der Waals surface area contributed by atoms with Gasteiger partial charge in [0.05, 0.1) is 26.7 Å². The third-order valence-corrected chi connectivity index (χ3v) is 4.51. The fourth-order valence-corrected chi connectivity index (χ4v) is 3.17. The molecule has 6 heteroatoms. The second kappa shape index (κ2) is 9.70. The fraction of sp³-hybridized carbons (Fsp3) is 0.474. The number of carbonyl (C=O) groups excluding carboxylic acids is 1. The van der Waals surface area contributed by atoms with E-state index in [1.165, 1.54) is 32.6 Å². The smallest absolute Gasteiger partial charge is 0.244 e. The van der Waals surface area contributed by atoms with Gasteiger partial charge in [0.15, 0.2) is 18.1 Å². The molecular weight excluding hydrogens is 318 g/mol. The molecule has 1 unspecified atom stereocenters. The Bertz CT molecular complexity index is 652. The predicted molar refractivity (Wildman–Crippen MR) is 95.5 cm³/mol. The quantitative estimate of drug-likeness (QED) is 0.684. The van der Waals surface area contributed by atoms with E-state index >= 15 is 0 Å². The van der Waals surface area contributed by atoms with Crippen LogP contribution in [0.2, 0.25) is 0 Å². The summed E-state index contributed by atoms with van der Waals surface area (Å²) in [4.78, 5) is 13.6. The van der Waals surface area contributed by atoms with Crippen LogP contribution >= 0.6 is 0 Å². The Morgan fingerprint density at radius 1 is 1.48 bits per heavy atom. The molecule has 25 heavy (non-hydrogen) atoms. The maximum Gasteiger partial charge on any atom is 0.244 e. The number of hydrogen-bond acceptors (Lipinski definition) is 4. The van der Waals surface area contributed by atoms with Crippen molar-refractivity contribution in [3.8, 4) is 17.6 Å². The molecule has 1 aromatic carbocycles. The molecule has 2 atom stereocenters. The number of amides is 1. The number of rotatable bonds is 8. The van der Waals surface area contributed by atoms with E-state index in [1.807, 2.05) is 12.1 Å². The average molecular weight is 344 g/mol. The summed E-state index contributed by atoms with van der Waals surface area (Å²) in [5, 5.41) is 11.6. The van der Waals surface area contributed by atoms with Gasteiger partial charge in [-0.05, 0) is 30.7 Å². The van der Waals surface area contributed by atoms with Gasteiger partial charge in [0, 0.05) is 18.9 Å². The highest BCUT2D eigenvalue weighted by Gasteiger charge is 2.26. The van der Waals surface area contributed by atoms with E-state index in [9.17, 15) is 4.79 Å². The summed E-state index contributed by atoms with van der Waals surface area (Å²) >= 11 is 0. The Balaban J connectivity index is 1.89. The predicted octanol–water partition coefficient (Wildman–Crippen LogP) is 0.794. The van der Waals surface area contributed by atoms with E-state index < -0.39 is 0 Å². The molecule has 2 N–H and O–H groups in total. The minimum Gasteiger partial charge on any atom is -0.493 e. The van der Waals surface area contributed by atoms with Crippen molar-refractivity contribution in [3.63, 3.8) is 0 Å². The number of quaternary nitrogens is 1. The van der Waals surface area contributed by atoms with Gasteiger partial charge in [0.25, 0.3) is 0 Å². The summed E-state index contributed by atoms with van der Waals surface area (Å²) in [7, 11) is 1.54. The minimum absolute atomic E-state index is 0.0358. The average Bonchev–Trinajstić information content (AvgIpc) is 3.10. The molecule has 0 aliphatic carbocycles. The summed E-state index contributed by atoms with van der Waals surface area (Å²) in [6.07, 6.45) is 5.68. The molecule has 2 rings (SSSR count). The Kier molecular flexibility index (Phi) is 7.30. The summed E-state index contributed by atoms with van der Waals surface area (Å²) in [5.41, 5.74) is 0.831. The van der Waals surface area contributed by atoms with Crippen LogP contribution in [0.4, 0.5) is 0 Å². The first kappa shape index (κ1) is 18.8. The molecule has 6 nitrogen and oxygen atoms in total. The Morgan fingerprint density at radius 2 is 2.32 bits per heavy atom. The molecule has 0 aromatic heterocycles. The van der Waals surface area contributed by atoms with Crippen molar-refractivity contribution < 1.29 is 19.2 Å². The zero-order chi connectivity index (χ0) is 18.1. The lowest BCUT2D eigenvalue weighted by Gasteiger charge is -2.19. The zero-order valence-electron chi connectivity index (χ0n) is 14.9. The first-order valence-electron chi connectivity index (χ1n) is 8.66. The van der Waals surface area contributed by atoms with Crippen molar-refractivity contribution >= 4 is 12.0 Å². The number of methoxy groups -OCH3 is 1. The van der Waals surface area contributed by atoms with Gasteiger partial charge in [-0.2, -0.15) is 5.26 Å². The molecule has 0 spiro atoms. The van der Waals surface area contributed by atoms with Crippen molar-refractivity contribution in [2.75, 3.05) is 33.4 Å². The highest BCUT2D eigenvalue weighted by molar-refractivity contribution is 5.91. The Labute approximate surface area is 149 Å². The molecule has 0 bridgehead atoms. The van der Waals surface area contributed by atoms with E-state index in [0.29, 0.717) is 17.5 Å². The van der Waals surface area contributed by atoms with Crippen LogP contribution in [0.25, 0.3) is 6.08 Å². The van der Waals surface area contributed by atoms with Crippen LogP contribution in [0.3, 0.4) is 0 Å². The number of ether oxygens (including phenoxy) is 2. The zero-order valence-corrected chi connectivity index (χ0v) is 14.9. The topological polar surface area (TPSA) is 75.8 Å². The van der Waals surface area contributed by atoms with Crippen molar-refractivity contribution in [1.29, 1.82) is 5.26 Å². The molecule has 1 aliphatic rings. The van der Waals surface area contributed by atoms with Crippen molar-refractivity contribution in [1.82, 2.24) is 5.32 Å². The number of hydrogen-bond donors (Lipinski definition) is 2. The number of benzene rings is 1. The number of likely N-dealkylation sites (N-methyl/N-ethyl adjacent to an activating group) is 1. The van der Waals surface area contributed by atoms with E-state index in [4.69, 9.17) is 14.7 Å². The molecule has 134 valence electrons. The van der Waals surface area contributed by atoms with E-state index in [2.05, 4.69) is 12.2 Å². The largest absolute Gasteiger partial charge is 0.493 e. The van der Waals surface area contributed by atoms with Crippen LogP contribution in [0.5, 0.6) is 11.5 Å². The van der Waals surface area contributed by atoms with Crippen molar-refractivity contribution in [2.45, 2.75) is 25.8 Å². The summed E-state index contributed by atoms with van der Waals surface area (Å²) in [5.74, 6) is 0.951. The standard InChI is InChI=1S/C19H25N3O3/c1-3-22-11-4-5-16(22)14-21-19(23)9-7-15-6-8-17(25-12-10-20)18(13-15)24-2/h6-9,13,16H,3-5,11-12,14H2,1-2H3,(H,21,23)/p+1/b9-7+/t16-/m1/s1. The summed E-state index contributed by atoms with van der Waals surface area (Å²) in [6.45, 7) is 5.18. The third kappa shape index (κ3) is 5.50. The summed E-state index contributed by atoms with van der Waals surface area (Å²) < 4.78 is 10.5. The lowest BCUT2D eigenvalue weighted by Crippen LogP contribution is -3.14. The lowest BCUT2D eigenvalue weighted by atomic mass is 10.2. The number of nitrogens with zero attached hydrogens (tertiary/aromatic N) is 1. The second-order valence-corrected chi connectivity index (χ2v) is 6.04. The molecule has 1 heterocycles. The van der Waals surface area contributed by atoms with E-state index in [0.717, 1.165) is 18.7 Å². The van der Waals surface area contributed by atoms with Crippen LogP contribution < -0.4 is 19.7 Å². The van der Waals surface area contributed by atoms with Gasteiger partial charge in [-0.3, -0.25) is 4.79 Å². The SMILES string of the molecule is CC[NH+]1CCC[C@@H]1CNC(=O)/C=C/c1ccc(OCC#N)c(OC)c1. The monoisotopic (exact) mass is 344 g/mol. The van der Waals surface area contributed by atoms with Crippen LogP contribution in [0.15, 0.2) is 24.3 Å². The van der Waals surface area contributed by atoms with Crippen LogP contribution in [0.1, 0.15) is 25.3 Å². The summed E-state index contributed by atoms with van der Waals surface area (Å²) in [6, 6.07) is 7.77. The van der Waals surface area contributed by atoms with E-state index in [1.54, 1.807) is 23.1 Å². The maximum absolute atomic E-state index is 12.0. The lowest BCUT2D eigenvalue weighted by molar-refractivity contribution is -0.909. The van der Waals surface area contributed by atoms with Crippen LogP contribution in [-0.2, 0) is 4.79 Å². The van der Waals surface area contributed by atoms with Gasteiger partial charge in [-0.25, -0.2) is 0 Å². The molecule has 1 fully saturated rings. The van der Waals surface area contributed by atoms with Gasteiger partial charge < -0.3 is 19.7 Å². The molecule has 1 aromatic rings. The fourth-order valence-electron chi connectivity index (χ4n) is 3.17. The first-order chi connectivity index (χ1) is 12.2. The van der Waals surface area contributed by atoms with Crippen LogP contribution in [0, 0.1) is 11.3 Å². The second-order valence-electron chi connectivity index (χ2n) is 6.04. The van der Waals surface area contributed by atoms with Crippen LogP contribution in [-0.4, -0.2) is 45.3 Å². The maximum atomic E-state index is 12.0. The van der Waals surface area contributed by atoms with Gasteiger partial charge in [-0.1, -0.05) is 6.07 Å². The number of carbonyl (C=O) groups is 1. The molecule has 1 aliphatic heterocycles. The number of nitriles is 1. The Morgan fingerprint density at radius 3 is 3.04 bits per heavy atom. The molecule has 0 saturated carbocycles. The number of likely N-dealkylation sites (tertiary alicyclic amines) is 1. The van der Waals surface area contributed by atoms with Gasteiger partial charge in [0.1, 0.15) is 12.1 Å². The highest BCUT2D eigenvalue weighted by atomic mass is 16.5.